The summed E-state index contributed by atoms with van der Waals surface area (Å²) in [6.45, 7) is 0.594. The molecule has 0 aliphatic rings. The highest BCUT2D eigenvalue weighted by molar-refractivity contribution is 7.09. The maximum Gasteiger partial charge on any atom is 0.220 e. The van der Waals surface area contributed by atoms with Crippen molar-refractivity contribution in [2.24, 2.45) is 0 Å². The van der Waals surface area contributed by atoms with Crippen molar-refractivity contribution in [3.8, 4) is 0 Å². The fourth-order valence-corrected chi connectivity index (χ4v) is 2.53. The number of nitrogens with one attached hydrogen (secondary N) is 1. The largest absolute Gasteiger partial charge is 0.356 e. The van der Waals surface area contributed by atoms with Crippen LogP contribution in [0.4, 0.5) is 8.78 Å². The Morgan fingerprint density at radius 1 is 1.15 bits per heavy atom. The van der Waals surface area contributed by atoms with Crippen LogP contribution >= 0.6 is 11.3 Å². The second kappa shape index (κ2) is 7.14. The molecule has 0 bridgehead atoms. The van der Waals surface area contributed by atoms with E-state index < -0.39 is 11.6 Å². The highest BCUT2D eigenvalue weighted by Gasteiger charge is 2.05. The fraction of sp³-hybridized carbons (Fsp3) is 0.267. The Hall–Kier alpha value is -1.75. The van der Waals surface area contributed by atoms with Crippen LogP contribution in [0, 0.1) is 11.6 Å². The normalized spacial score (nSPS) is 10.5. The van der Waals surface area contributed by atoms with Crippen LogP contribution in [-0.4, -0.2) is 12.5 Å². The van der Waals surface area contributed by atoms with Gasteiger partial charge in [-0.3, -0.25) is 4.79 Å². The number of amides is 1. The molecule has 1 aromatic heterocycles. The predicted octanol–water partition coefficient (Wildman–Crippen LogP) is 3.32. The summed E-state index contributed by atoms with van der Waals surface area (Å²) in [6, 6.07) is 7.72. The predicted molar refractivity (Wildman–Crippen MR) is 75.7 cm³/mol. The average Bonchev–Trinajstić information content (AvgIpc) is 2.93. The SMILES string of the molecule is O=C(CCc1ccc(F)c(F)c1)NCCc1cccs1. The smallest absolute Gasteiger partial charge is 0.220 e. The van der Waals surface area contributed by atoms with Crippen molar-refractivity contribution in [2.45, 2.75) is 19.3 Å². The van der Waals surface area contributed by atoms with Crippen molar-refractivity contribution in [2.75, 3.05) is 6.54 Å². The Balaban J connectivity index is 1.70. The molecular weight excluding hydrogens is 280 g/mol. The number of hydrogen-bond acceptors (Lipinski definition) is 2. The first-order chi connectivity index (χ1) is 9.65. The number of thiophene rings is 1. The third-order valence-electron chi connectivity index (χ3n) is 2.90. The first-order valence-corrected chi connectivity index (χ1v) is 7.26. The molecule has 1 heterocycles. The van der Waals surface area contributed by atoms with Gasteiger partial charge in [0.1, 0.15) is 0 Å². The lowest BCUT2D eigenvalue weighted by Crippen LogP contribution is -2.25. The zero-order valence-corrected chi connectivity index (χ0v) is 11.7. The van der Waals surface area contributed by atoms with Gasteiger partial charge in [-0.25, -0.2) is 8.78 Å². The molecule has 1 amide bonds. The summed E-state index contributed by atoms with van der Waals surface area (Å²) in [4.78, 5) is 12.8. The summed E-state index contributed by atoms with van der Waals surface area (Å²) in [6.07, 6.45) is 1.49. The summed E-state index contributed by atoms with van der Waals surface area (Å²) < 4.78 is 25.7. The Morgan fingerprint density at radius 2 is 2.00 bits per heavy atom. The number of halogens is 2. The lowest BCUT2D eigenvalue weighted by atomic mass is 10.1. The van der Waals surface area contributed by atoms with Gasteiger partial charge >= 0.3 is 0 Å². The second-order valence-electron chi connectivity index (χ2n) is 4.43. The van der Waals surface area contributed by atoms with Crippen LogP contribution in [0.15, 0.2) is 35.7 Å². The van der Waals surface area contributed by atoms with Crippen molar-refractivity contribution >= 4 is 17.2 Å². The van der Waals surface area contributed by atoms with Crippen molar-refractivity contribution in [1.29, 1.82) is 0 Å². The van der Waals surface area contributed by atoms with Crippen LogP contribution in [0.5, 0.6) is 0 Å². The van der Waals surface area contributed by atoms with E-state index in [4.69, 9.17) is 0 Å². The van der Waals surface area contributed by atoms with Crippen molar-refractivity contribution < 1.29 is 13.6 Å². The van der Waals surface area contributed by atoms with E-state index in [1.54, 1.807) is 11.3 Å². The maximum atomic E-state index is 13.0. The van der Waals surface area contributed by atoms with Gasteiger partial charge in [-0.2, -0.15) is 0 Å². The third kappa shape index (κ3) is 4.42. The number of carbonyl (C=O) groups is 1. The van der Waals surface area contributed by atoms with Crippen LogP contribution in [0.3, 0.4) is 0 Å². The molecule has 5 heteroatoms. The zero-order chi connectivity index (χ0) is 14.4. The summed E-state index contributed by atoms with van der Waals surface area (Å²) in [5, 5.41) is 4.82. The van der Waals surface area contributed by atoms with Crippen molar-refractivity contribution in [1.82, 2.24) is 5.32 Å². The molecule has 2 rings (SSSR count). The van der Waals surface area contributed by atoms with Crippen LogP contribution in [0.25, 0.3) is 0 Å². The van der Waals surface area contributed by atoms with E-state index in [2.05, 4.69) is 5.32 Å². The summed E-state index contributed by atoms with van der Waals surface area (Å²) in [5.41, 5.74) is 0.623. The molecule has 0 radical (unpaired) electrons. The minimum absolute atomic E-state index is 0.0775. The van der Waals surface area contributed by atoms with E-state index in [0.717, 1.165) is 18.6 Å². The van der Waals surface area contributed by atoms with Gasteiger partial charge in [-0.15, -0.1) is 11.3 Å². The van der Waals surface area contributed by atoms with E-state index >= 15 is 0 Å². The van der Waals surface area contributed by atoms with E-state index in [9.17, 15) is 13.6 Å². The highest BCUT2D eigenvalue weighted by atomic mass is 32.1. The van der Waals surface area contributed by atoms with Crippen LogP contribution in [0.2, 0.25) is 0 Å². The lowest BCUT2D eigenvalue weighted by Gasteiger charge is -2.05. The Morgan fingerprint density at radius 3 is 2.70 bits per heavy atom. The monoisotopic (exact) mass is 295 g/mol. The summed E-state index contributed by atoms with van der Waals surface area (Å²) in [7, 11) is 0. The van der Waals surface area contributed by atoms with Gasteiger partial charge in [-0.05, 0) is 42.0 Å². The molecule has 0 saturated heterocycles. The third-order valence-corrected chi connectivity index (χ3v) is 3.83. The Bertz CT molecular complexity index is 569. The number of hydrogen-bond donors (Lipinski definition) is 1. The molecule has 1 aromatic carbocycles. The molecule has 2 nitrogen and oxygen atoms in total. The van der Waals surface area contributed by atoms with Gasteiger partial charge in [0.05, 0.1) is 0 Å². The highest BCUT2D eigenvalue weighted by Crippen LogP contribution is 2.10. The lowest BCUT2D eigenvalue weighted by molar-refractivity contribution is -0.121. The second-order valence-corrected chi connectivity index (χ2v) is 5.46. The van der Waals surface area contributed by atoms with Gasteiger partial charge in [0, 0.05) is 17.8 Å². The fourth-order valence-electron chi connectivity index (χ4n) is 1.82. The molecule has 2 aromatic rings. The molecule has 0 fully saturated rings. The van der Waals surface area contributed by atoms with E-state index in [1.807, 2.05) is 17.5 Å². The molecule has 0 saturated carbocycles. The van der Waals surface area contributed by atoms with Gasteiger partial charge in [-0.1, -0.05) is 12.1 Å². The molecule has 0 aliphatic heterocycles. The molecule has 0 atom stereocenters. The van der Waals surface area contributed by atoms with Crippen molar-refractivity contribution in [3.63, 3.8) is 0 Å². The Labute approximate surface area is 120 Å². The summed E-state index contributed by atoms with van der Waals surface area (Å²) in [5.74, 6) is -1.82. The summed E-state index contributed by atoms with van der Waals surface area (Å²) >= 11 is 1.66. The Kier molecular flexibility index (Phi) is 5.24. The molecule has 106 valence electrons. The van der Waals surface area contributed by atoms with Gasteiger partial charge in [0.25, 0.3) is 0 Å². The maximum absolute atomic E-state index is 13.0. The van der Waals surface area contributed by atoms with Crippen LogP contribution in [-0.2, 0) is 17.6 Å². The molecule has 20 heavy (non-hydrogen) atoms. The average molecular weight is 295 g/mol. The van der Waals surface area contributed by atoms with Crippen LogP contribution in [0.1, 0.15) is 16.9 Å². The van der Waals surface area contributed by atoms with Crippen molar-refractivity contribution in [3.05, 3.63) is 57.8 Å². The molecule has 0 aliphatic carbocycles. The molecular formula is C15H15F2NOS. The van der Waals surface area contributed by atoms with Gasteiger partial charge < -0.3 is 5.32 Å². The standard InChI is InChI=1S/C15H15F2NOS/c16-13-5-3-11(10-14(13)17)4-6-15(19)18-8-7-12-2-1-9-20-12/h1-3,5,9-10H,4,6-8H2,(H,18,19). The zero-order valence-electron chi connectivity index (χ0n) is 10.9. The topological polar surface area (TPSA) is 29.1 Å². The number of aryl methyl sites for hydroxylation is 1. The molecule has 0 unspecified atom stereocenters. The quantitative estimate of drug-likeness (QED) is 0.870. The van der Waals surface area contributed by atoms with E-state index in [-0.39, 0.29) is 12.3 Å². The first-order valence-electron chi connectivity index (χ1n) is 6.38. The minimum atomic E-state index is -0.874. The van der Waals surface area contributed by atoms with Gasteiger partial charge in [0.15, 0.2) is 11.6 Å². The minimum Gasteiger partial charge on any atom is -0.356 e. The number of rotatable bonds is 6. The molecule has 1 N–H and O–H groups in total. The van der Waals surface area contributed by atoms with Gasteiger partial charge in [0.2, 0.25) is 5.91 Å². The molecule has 0 spiro atoms. The van der Waals surface area contributed by atoms with Crippen LogP contribution < -0.4 is 5.32 Å². The van der Waals surface area contributed by atoms with E-state index in [0.29, 0.717) is 18.5 Å². The number of carbonyl (C=O) groups excluding carboxylic acids is 1. The number of benzene rings is 1. The first kappa shape index (κ1) is 14.7. The van der Waals surface area contributed by atoms with E-state index in [1.165, 1.54) is 10.9 Å².